The lowest BCUT2D eigenvalue weighted by Gasteiger charge is -2.29. The lowest BCUT2D eigenvalue weighted by molar-refractivity contribution is -0.143. The Bertz CT molecular complexity index is 1200. The summed E-state index contributed by atoms with van der Waals surface area (Å²) in [6.07, 6.45) is 0.659. The number of hydrogen-bond donors (Lipinski definition) is 1. The largest absolute Gasteiger partial charge is 0.497 e. The van der Waals surface area contributed by atoms with Crippen LogP contribution in [0.2, 0.25) is 0 Å². The molecule has 9 nitrogen and oxygen atoms in total. The highest BCUT2D eigenvalue weighted by atomic mass is 32.2. The third kappa shape index (κ3) is 5.21. The topological polar surface area (TPSA) is 106 Å². The Morgan fingerprint density at radius 3 is 2.50 bits per heavy atom. The van der Waals surface area contributed by atoms with Crippen molar-refractivity contribution in [1.29, 1.82) is 0 Å². The molecule has 194 valence electrons. The van der Waals surface area contributed by atoms with Crippen LogP contribution in [-0.2, 0) is 14.8 Å². The van der Waals surface area contributed by atoms with Gasteiger partial charge in [0.1, 0.15) is 5.75 Å². The monoisotopic (exact) mass is 516 g/mol. The maximum atomic E-state index is 12.7. The second-order valence-electron chi connectivity index (χ2n) is 8.91. The second kappa shape index (κ2) is 10.9. The molecular formula is C26H32N2O7S. The molecule has 0 bridgehead atoms. The third-order valence-corrected chi connectivity index (χ3v) is 8.35. The van der Waals surface area contributed by atoms with E-state index >= 15 is 0 Å². The highest BCUT2D eigenvalue weighted by Gasteiger charge is 2.47. The molecule has 2 heterocycles. The van der Waals surface area contributed by atoms with Crippen molar-refractivity contribution < 1.29 is 32.5 Å². The van der Waals surface area contributed by atoms with Crippen LogP contribution in [0.4, 0.5) is 0 Å². The Morgan fingerprint density at radius 2 is 1.86 bits per heavy atom. The molecule has 3 unspecified atom stereocenters. The van der Waals surface area contributed by atoms with Crippen molar-refractivity contribution in [2.45, 2.75) is 25.3 Å². The predicted octanol–water partition coefficient (Wildman–Crippen LogP) is 3.45. The van der Waals surface area contributed by atoms with Crippen molar-refractivity contribution in [3.63, 3.8) is 0 Å². The fourth-order valence-electron chi connectivity index (χ4n) is 5.10. The van der Waals surface area contributed by atoms with E-state index < -0.39 is 28.0 Å². The molecule has 0 amide bonds. The van der Waals surface area contributed by atoms with Crippen molar-refractivity contribution in [1.82, 2.24) is 9.21 Å². The number of rotatable bonds is 11. The lowest BCUT2D eigenvalue weighted by Crippen LogP contribution is -2.39. The number of sulfonamides is 1. The van der Waals surface area contributed by atoms with Gasteiger partial charge in [-0.3, -0.25) is 9.69 Å². The quantitative estimate of drug-likeness (QED) is 0.484. The molecule has 2 aliphatic heterocycles. The Labute approximate surface area is 211 Å². The van der Waals surface area contributed by atoms with E-state index in [0.717, 1.165) is 16.5 Å². The van der Waals surface area contributed by atoms with Gasteiger partial charge in [-0.05, 0) is 41.8 Å². The van der Waals surface area contributed by atoms with Crippen molar-refractivity contribution in [2.24, 2.45) is 5.92 Å². The van der Waals surface area contributed by atoms with Crippen LogP contribution in [-0.4, -0.2) is 68.8 Å². The number of benzene rings is 2. The van der Waals surface area contributed by atoms with E-state index in [-0.39, 0.29) is 19.3 Å². The molecule has 2 aliphatic rings. The summed E-state index contributed by atoms with van der Waals surface area (Å²) in [6, 6.07) is 12.5. The van der Waals surface area contributed by atoms with Crippen molar-refractivity contribution in [2.75, 3.05) is 40.1 Å². The van der Waals surface area contributed by atoms with E-state index in [1.807, 2.05) is 43.3 Å². The SMILES string of the molecule is C=CS(=O)(=O)N(CCC)CCN1CC(c2ccc3c(c2)OCO3)C(C(=O)O)C1c1ccc(OC)cc1. The normalized spacial score (nSPS) is 21.6. The smallest absolute Gasteiger partial charge is 0.309 e. The molecule has 0 spiro atoms. The molecule has 36 heavy (non-hydrogen) atoms. The van der Waals surface area contributed by atoms with Gasteiger partial charge < -0.3 is 19.3 Å². The van der Waals surface area contributed by atoms with Gasteiger partial charge in [0.05, 0.1) is 13.0 Å². The van der Waals surface area contributed by atoms with Gasteiger partial charge in [0.25, 0.3) is 0 Å². The highest BCUT2D eigenvalue weighted by Crippen LogP contribution is 2.47. The minimum absolute atomic E-state index is 0.136. The van der Waals surface area contributed by atoms with Gasteiger partial charge in [-0.1, -0.05) is 31.7 Å². The number of fused-ring (bicyclic) bond motifs is 1. The molecule has 10 heteroatoms. The van der Waals surface area contributed by atoms with Crippen LogP contribution < -0.4 is 14.2 Å². The van der Waals surface area contributed by atoms with E-state index in [0.29, 0.717) is 43.3 Å². The maximum Gasteiger partial charge on any atom is 0.309 e. The van der Waals surface area contributed by atoms with Crippen LogP contribution >= 0.6 is 0 Å². The zero-order chi connectivity index (χ0) is 25.9. The van der Waals surface area contributed by atoms with E-state index in [9.17, 15) is 18.3 Å². The van der Waals surface area contributed by atoms with Gasteiger partial charge in [0.2, 0.25) is 16.8 Å². The zero-order valence-electron chi connectivity index (χ0n) is 20.5. The number of hydrogen-bond acceptors (Lipinski definition) is 7. The first kappa shape index (κ1) is 26.0. The van der Waals surface area contributed by atoms with Crippen LogP contribution in [0.5, 0.6) is 17.2 Å². The van der Waals surface area contributed by atoms with Gasteiger partial charge in [0, 0.05) is 43.5 Å². The molecule has 4 rings (SSSR count). The van der Waals surface area contributed by atoms with E-state index in [1.54, 1.807) is 13.2 Å². The number of likely N-dealkylation sites (tertiary alicyclic amines) is 1. The molecule has 1 N–H and O–H groups in total. The van der Waals surface area contributed by atoms with Crippen molar-refractivity contribution in [3.8, 4) is 17.2 Å². The zero-order valence-corrected chi connectivity index (χ0v) is 21.3. The Balaban J connectivity index is 1.69. The molecule has 3 atom stereocenters. The van der Waals surface area contributed by atoms with Gasteiger partial charge in [-0.25, -0.2) is 8.42 Å². The van der Waals surface area contributed by atoms with E-state index in [4.69, 9.17) is 14.2 Å². The summed E-state index contributed by atoms with van der Waals surface area (Å²) in [5.74, 6) is -0.0905. The summed E-state index contributed by atoms with van der Waals surface area (Å²) in [5.41, 5.74) is 1.68. The molecule has 1 fully saturated rings. The lowest BCUT2D eigenvalue weighted by atomic mass is 9.82. The van der Waals surface area contributed by atoms with Gasteiger partial charge in [-0.2, -0.15) is 4.31 Å². The van der Waals surface area contributed by atoms with Crippen LogP contribution in [0.1, 0.15) is 36.4 Å². The molecule has 0 radical (unpaired) electrons. The van der Waals surface area contributed by atoms with Gasteiger partial charge in [0.15, 0.2) is 11.5 Å². The second-order valence-corrected chi connectivity index (χ2v) is 10.8. The van der Waals surface area contributed by atoms with Crippen LogP contribution in [0.3, 0.4) is 0 Å². The first-order chi connectivity index (χ1) is 17.3. The first-order valence-corrected chi connectivity index (χ1v) is 13.4. The summed E-state index contributed by atoms with van der Waals surface area (Å²) in [5, 5.41) is 11.4. The molecular weight excluding hydrogens is 484 g/mol. The van der Waals surface area contributed by atoms with E-state index in [1.165, 1.54) is 4.31 Å². The first-order valence-electron chi connectivity index (χ1n) is 11.9. The fraction of sp³-hybridized carbons (Fsp3) is 0.423. The molecule has 2 aromatic carbocycles. The molecule has 1 saturated heterocycles. The highest BCUT2D eigenvalue weighted by molar-refractivity contribution is 7.92. The number of carboxylic acid groups (broad SMARTS) is 1. The van der Waals surface area contributed by atoms with Gasteiger partial charge in [-0.15, -0.1) is 0 Å². The van der Waals surface area contributed by atoms with Crippen molar-refractivity contribution in [3.05, 3.63) is 65.6 Å². The molecule has 0 aromatic heterocycles. The standard InChI is InChI=1S/C26H32N2O7S/c1-4-12-28(36(31,32)5-2)14-13-27-16-21(19-8-11-22-23(15-19)35-17-34-22)24(26(29)30)25(27)18-6-9-20(33-3)10-7-18/h5-11,15,21,24-25H,2,4,12-14,16-17H2,1,3H3,(H,29,30). The summed E-state index contributed by atoms with van der Waals surface area (Å²) in [4.78, 5) is 14.8. The van der Waals surface area contributed by atoms with Crippen LogP contribution in [0, 0.1) is 5.92 Å². The summed E-state index contributed by atoms with van der Waals surface area (Å²) in [6.45, 7) is 6.92. The third-order valence-electron chi connectivity index (χ3n) is 6.85. The minimum atomic E-state index is -3.60. The summed E-state index contributed by atoms with van der Waals surface area (Å²) in [7, 11) is -2.02. The maximum absolute atomic E-state index is 12.7. The summed E-state index contributed by atoms with van der Waals surface area (Å²) < 4.78 is 42.7. The number of aliphatic carboxylic acids is 1. The van der Waals surface area contributed by atoms with Crippen molar-refractivity contribution >= 4 is 16.0 Å². The van der Waals surface area contributed by atoms with Crippen LogP contribution in [0.25, 0.3) is 0 Å². The van der Waals surface area contributed by atoms with E-state index in [2.05, 4.69) is 11.5 Å². The Hall–Kier alpha value is -3.08. The Morgan fingerprint density at radius 1 is 1.17 bits per heavy atom. The number of carbonyl (C=O) groups is 1. The minimum Gasteiger partial charge on any atom is -0.497 e. The van der Waals surface area contributed by atoms with Gasteiger partial charge >= 0.3 is 5.97 Å². The number of ether oxygens (including phenoxy) is 3. The van der Waals surface area contributed by atoms with Crippen LogP contribution in [0.15, 0.2) is 54.5 Å². The number of nitrogens with zero attached hydrogens (tertiary/aromatic N) is 2. The molecule has 0 aliphatic carbocycles. The molecule has 0 saturated carbocycles. The average Bonchev–Trinajstić information content (AvgIpc) is 3.50. The predicted molar refractivity (Wildman–Crippen MR) is 135 cm³/mol. The average molecular weight is 517 g/mol. The summed E-state index contributed by atoms with van der Waals surface area (Å²) >= 11 is 0. The molecule has 2 aromatic rings. The number of methoxy groups -OCH3 is 1. The Kier molecular flexibility index (Phi) is 7.87. The fourth-order valence-corrected chi connectivity index (χ4v) is 6.09. The number of carboxylic acids is 1.